The average Bonchev–Trinajstić information content (AvgIpc) is 3.36. The molecule has 3 aromatic carbocycles. The van der Waals surface area contributed by atoms with E-state index in [0.29, 0.717) is 23.6 Å². The molecule has 0 spiro atoms. The Kier molecular flexibility index (Phi) is 6.76. The summed E-state index contributed by atoms with van der Waals surface area (Å²) in [4.78, 5) is 30.4. The zero-order chi connectivity index (χ0) is 26.0. The molecular formula is C29H28N4O3S. The number of benzene rings is 3. The largest absolute Gasteiger partial charge is 0.497 e. The number of carbonyl (C=O) groups excluding carboxylic acids is 2. The van der Waals surface area contributed by atoms with Gasteiger partial charge in [-0.3, -0.25) is 19.2 Å². The Hall–Kier alpha value is -4.04. The third-order valence-electron chi connectivity index (χ3n) is 6.64. The third-order valence-corrected chi connectivity index (χ3v) is 7.36. The molecule has 0 bridgehead atoms. The smallest absolute Gasteiger partial charge is 0.277 e. The fraction of sp³-hybridized carbons (Fsp3) is 0.207. The number of carbonyl (C=O) groups is 2. The fourth-order valence-electron chi connectivity index (χ4n) is 4.61. The van der Waals surface area contributed by atoms with Gasteiger partial charge in [0.2, 0.25) is 5.91 Å². The van der Waals surface area contributed by atoms with Gasteiger partial charge >= 0.3 is 0 Å². The average molecular weight is 513 g/mol. The minimum atomic E-state index is -1.20. The van der Waals surface area contributed by atoms with Crippen molar-refractivity contribution in [3.05, 3.63) is 96.2 Å². The molecule has 2 amide bonds. The lowest BCUT2D eigenvalue weighted by atomic mass is 9.93. The second kappa shape index (κ2) is 10.1. The highest BCUT2D eigenvalue weighted by atomic mass is 32.2. The zero-order valence-corrected chi connectivity index (χ0v) is 21.8. The van der Waals surface area contributed by atoms with Crippen LogP contribution in [0, 0.1) is 0 Å². The maximum absolute atomic E-state index is 14.0. The van der Waals surface area contributed by atoms with Crippen molar-refractivity contribution < 1.29 is 14.3 Å². The highest BCUT2D eigenvalue weighted by Crippen LogP contribution is 2.35. The topological polar surface area (TPSA) is 76.5 Å². The molecule has 188 valence electrons. The van der Waals surface area contributed by atoms with Gasteiger partial charge in [0.25, 0.3) is 5.91 Å². The SMILES string of the molecule is COc1ccc(-c2cc3n(n2)C[C@@](C)(C(=O)NCc2ccccc2)N(c2cccc(SC)c2)C3=O)cc1. The van der Waals surface area contributed by atoms with Crippen molar-refractivity contribution in [3.8, 4) is 17.0 Å². The van der Waals surface area contributed by atoms with E-state index in [9.17, 15) is 9.59 Å². The number of nitrogens with one attached hydrogen (secondary N) is 1. The first-order valence-corrected chi connectivity index (χ1v) is 13.2. The molecule has 0 aliphatic carbocycles. The van der Waals surface area contributed by atoms with Crippen molar-refractivity contribution in [3.63, 3.8) is 0 Å². The molecule has 1 aromatic heterocycles. The van der Waals surface area contributed by atoms with Gasteiger partial charge in [-0.05, 0) is 67.3 Å². The van der Waals surface area contributed by atoms with Crippen molar-refractivity contribution in [1.82, 2.24) is 15.1 Å². The van der Waals surface area contributed by atoms with E-state index in [4.69, 9.17) is 9.84 Å². The number of aromatic nitrogens is 2. The summed E-state index contributed by atoms with van der Waals surface area (Å²) < 4.78 is 6.91. The summed E-state index contributed by atoms with van der Waals surface area (Å²) in [6.07, 6.45) is 1.99. The number of hydrogen-bond donors (Lipinski definition) is 1. The monoisotopic (exact) mass is 512 g/mol. The fourth-order valence-corrected chi connectivity index (χ4v) is 5.06. The van der Waals surface area contributed by atoms with Crippen LogP contribution in [0.2, 0.25) is 0 Å². The molecule has 4 aromatic rings. The quantitative estimate of drug-likeness (QED) is 0.352. The molecule has 1 atom stereocenters. The lowest BCUT2D eigenvalue weighted by molar-refractivity contribution is -0.126. The molecule has 7 nitrogen and oxygen atoms in total. The van der Waals surface area contributed by atoms with E-state index in [0.717, 1.165) is 21.8 Å². The number of hydrogen-bond acceptors (Lipinski definition) is 5. The van der Waals surface area contributed by atoms with Crippen molar-refractivity contribution in [2.75, 3.05) is 18.3 Å². The molecule has 0 saturated carbocycles. The van der Waals surface area contributed by atoms with Gasteiger partial charge in [-0.1, -0.05) is 36.4 Å². The van der Waals surface area contributed by atoms with Crippen LogP contribution in [0.5, 0.6) is 5.75 Å². The van der Waals surface area contributed by atoms with Gasteiger partial charge in [0.05, 0.1) is 19.3 Å². The Morgan fingerprint density at radius 3 is 2.51 bits per heavy atom. The predicted octanol–water partition coefficient (Wildman–Crippen LogP) is 5.02. The lowest BCUT2D eigenvalue weighted by Gasteiger charge is -2.43. The van der Waals surface area contributed by atoms with Crippen LogP contribution in [-0.2, 0) is 17.9 Å². The van der Waals surface area contributed by atoms with Crippen LogP contribution in [-0.4, -0.2) is 40.5 Å². The molecule has 0 unspecified atom stereocenters. The van der Waals surface area contributed by atoms with Crippen LogP contribution >= 0.6 is 11.8 Å². The number of nitrogens with zero attached hydrogens (tertiary/aromatic N) is 3. The maximum atomic E-state index is 14.0. The highest BCUT2D eigenvalue weighted by Gasteiger charge is 2.49. The molecule has 0 fully saturated rings. The van der Waals surface area contributed by atoms with Crippen LogP contribution < -0.4 is 15.0 Å². The van der Waals surface area contributed by atoms with E-state index in [2.05, 4.69) is 5.32 Å². The molecule has 37 heavy (non-hydrogen) atoms. The first-order valence-electron chi connectivity index (χ1n) is 12.0. The third kappa shape index (κ3) is 4.72. The van der Waals surface area contributed by atoms with Crippen LogP contribution in [0.3, 0.4) is 0 Å². The minimum Gasteiger partial charge on any atom is -0.497 e. The van der Waals surface area contributed by atoms with E-state index in [-0.39, 0.29) is 18.4 Å². The first-order chi connectivity index (χ1) is 17.9. The normalized spacial score (nSPS) is 16.8. The predicted molar refractivity (Wildman–Crippen MR) is 146 cm³/mol. The summed E-state index contributed by atoms with van der Waals surface area (Å²) in [6.45, 7) is 2.38. The summed E-state index contributed by atoms with van der Waals surface area (Å²) in [5, 5.41) is 7.78. The van der Waals surface area contributed by atoms with Crippen molar-refractivity contribution >= 4 is 29.3 Å². The van der Waals surface area contributed by atoms with Crippen LogP contribution in [0.4, 0.5) is 5.69 Å². The molecule has 5 rings (SSSR count). The van der Waals surface area contributed by atoms with E-state index < -0.39 is 5.54 Å². The van der Waals surface area contributed by atoms with Gasteiger partial charge in [-0.25, -0.2) is 0 Å². The second-order valence-corrected chi connectivity index (χ2v) is 9.96. The number of ether oxygens (including phenoxy) is 1. The van der Waals surface area contributed by atoms with Crippen LogP contribution in [0.25, 0.3) is 11.3 Å². The second-order valence-electron chi connectivity index (χ2n) is 9.09. The highest BCUT2D eigenvalue weighted by molar-refractivity contribution is 7.98. The number of rotatable bonds is 7. The number of fused-ring (bicyclic) bond motifs is 1. The summed E-state index contributed by atoms with van der Waals surface area (Å²) in [5.74, 6) is 0.229. The van der Waals surface area contributed by atoms with Crippen molar-refractivity contribution in [1.29, 1.82) is 0 Å². The molecule has 2 heterocycles. The zero-order valence-electron chi connectivity index (χ0n) is 21.0. The van der Waals surface area contributed by atoms with Crippen molar-refractivity contribution in [2.45, 2.75) is 30.4 Å². The number of amides is 2. The molecule has 1 N–H and O–H groups in total. The lowest BCUT2D eigenvalue weighted by Crippen LogP contribution is -2.64. The molecular weight excluding hydrogens is 484 g/mol. The number of thioether (sulfide) groups is 1. The van der Waals surface area contributed by atoms with E-state index in [1.165, 1.54) is 0 Å². The Balaban J connectivity index is 1.54. The summed E-state index contributed by atoms with van der Waals surface area (Å²) in [7, 11) is 1.62. The first kappa shape index (κ1) is 24.6. The maximum Gasteiger partial charge on any atom is 0.277 e. The molecule has 0 radical (unpaired) electrons. The van der Waals surface area contributed by atoms with Gasteiger partial charge in [-0.2, -0.15) is 5.10 Å². The van der Waals surface area contributed by atoms with Crippen LogP contribution in [0.1, 0.15) is 23.0 Å². The Morgan fingerprint density at radius 1 is 1.05 bits per heavy atom. The van der Waals surface area contributed by atoms with Gasteiger partial charge in [0.15, 0.2) is 0 Å². The molecule has 0 saturated heterocycles. The Bertz CT molecular complexity index is 1440. The standard InChI is InChI=1S/C29H28N4O3S/c1-29(28(35)30-18-20-8-5-4-6-9-20)19-32-26(17-25(31-32)21-12-14-23(36-2)15-13-21)27(34)33(29)22-10-7-11-24(16-22)37-3/h4-17H,18-19H2,1-3H3,(H,30,35)/t29-/m0/s1. The number of methoxy groups -OCH3 is 1. The molecule has 1 aliphatic heterocycles. The summed E-state index contributed by atoms with van der Waals surface area (Å²) in [5.41, 5.74) is 2.43. The minimum absolute atomic E-state index is 0.217. The van der Waals surface area contributed by atoms with Crippen molar-refractivity contribution in [2.24, 2.45) is 0 Å². The van der Waals surface area contributed by atoms with E-state index >= 15 is 0 Å². The van der Waals surface area contributed by atoms with E-state index in [1.807, 2.05) is 85.1 Å². The molecule has 8 heteroatoms. The Labute approximate surface area is 220 Å². The van der Waals surface area contributed by atoms with Gasteiger partial charge in [0.1, 0.15) is 17.0 Å². The van der Waals surface area contributed by atoms with Gasteiger partial charge < -0.3 is 10.1 Å². The molecule has 1 aliphatic rings. The van der Waals surface area contributed by atoms with Gasteiger partial charge in [-0.15, -0.1) is 11.8 Å². The Morgan fingerprint density at radius 2 is 1.81 bits per heavy atom. The van der Waals surface area contributed by atoms with Crippen LogP contribution in [0.15, 0.2) is 89.8 Å². The van der Waals surface area contributed by atoms with E-state index in [1.54, 1.807) is 41.4 Å². The summed E-state index contributed by atoms with van der Waals surface area (Å²) in [6, 6.07) is 26.8. The van der Waals surface area contributed by atoms with Gasteiger partial charge in [0, 0.05) is 22.7 Å². The number of anilines is 1. The summed E-state index contributed by atoms with van der Waals surface area (Å²) >= 11 is 1.59.